The second-order valence-electron chi connectivity index (χ2n) is 6.26. The van der Waals surface area contributed by atoms with Crippen molar-refractivity contribution in [3.05, 3.63) is 11.6 Å². The number of amides is 2. The van der Waals surface area contributed by atoms with Gasteiger partial charge in [0.15, 0.2) is 5.82 Å². The fraction of sp³-hybridized carbons (Fsp3) is 0.750. The molecule has 0 radical (unpaired) electrons. The molecule has 1 N–H and O–H groups in total. The SMILES string of the molecule is CCOC(=O)NCC(=O)N1CCC[C@H]1c1nnc2n1CCCCC2. The maximum atomic E-state index is 12.5. The first-order valence-electron chi connectivity index (χ1n) is 8.82. The highest BCUT2D eigenvalue weighted by molar-refractivity contribution is 5.82. The molecule has 0 aromatic carbocycles. The zero-order valence-electron chi connectivity index (χ0n) is 14.2. The zero-order chi connectivity index (χ0) is 16.9. The van der Waals surface area contributed by atoms with Gasteiger partial charge < -0.3 is 19.5 Å². The van der Waals surface area contributed by atoms with Crippen LogP contribution in [0.2, 0.25) is 0 Å². The molecule has 3 rings (SSSR count). The van der Waals surface area contributed by atoms with Crippen molar-refractivity contribution in [2.45, 2.75) is 58.0 Å². The molecule has 0 unspecified atom stereocenters. The van der Waals surface area contributed by atoms with Crippen LogP contribution >= 0.6 is 0 Å². The Kier molecular flexibility index (Phi) is 5.32. The molecule has 2 aliphatic heterocycles. The molecular formula is C16H25N5O3. The number of carbonyl (C=O) groups is 2. The molecule has 8 nitrogen and oxygen atoms in total. The van der Waals surface area contributed by atoms with E-state index in [0.29, 0.717) is 6.54 Å². The number of nitrogens with zero attached hydrogens (tertiary/aromatic N) is 4. The highest BCUT2D eigenvalue weighted by Crippen LogP contribution is 2.32. The van der Waals surface area contributed by atoms with Gasteiger partial charge in [-0.25, -0.2) is 4.79 Å². The predicted molar refractivity (Wildman–Crippen MR) is 86.3 cm³/mol. The van der Waals surface area contributed by atoms with E-state index in [0.717, 1.165) is 50.3 Å². The van der Waals surface area contributed by atoms with Crippen LogP contribution in [0, 0.1) is 0 Å². The van der Waals surface area contributed by atoms with E-state index in [4.69, 9.17) is 4.74 Å². The van der Waals surface area contributed by atoms with Crippen molar-refractivity contribution >= 4 is 12.0 Å². The minimum atomic E-state index is -0.557. The molecular weight excluding hydrogens is 310 g/mol. The van der Waals surface area contributed by atoms with Gasteiger partial charge in [0.1, 0.15) is 12.4 Å². The van der Waals surface area contributed by atoms with Crippen LogP contribution in [0.5, 0.6) is 0 Å². The number of fused-ring (bicyclic) bond motifs is 1. The summed E-state index contributed by atoms with van der Waals surface area (Å²) in [5.41, 5.74) is 0. The van der Waals surface area contributed by atoms with Crippen LogP contribution in [0.3, 0.4) is 0 Å². The van der Waals surface area contributed by atoms with Gasteiger partial charge in [0.05, 0.1) is 12.6 Å². The normalized spacial score (nSPS) is 20.4. The molecule has 1 aromatic heterocycles. The van der Waals surface area contributed by atoms with Crippen LogP contribution < -0.4 is 5.32 Å². The molecule has 1 atom stereocenters. The highest BCUT2D eigenvalue weighted by Gasteiger charge is 2.34. The lowest BCUT2D eigenvalue weighted by atomic mass is 10.2. The summed E-state index contributed by atoms with van der Waals surface area (Å²) < 4.78 is 6.99. The number of alkyl carbamates (subject to hydrolysis) is 1. The molecule has 24 heavy (non-hydrogen) atoms. The number of aryl methyl sites for hydroxylation is 1. The Balaban J connectivity index is 1.68. The Bertz CT molecular complexity index is 601. The molecule has 8 heteroatoms. The first-order valence-corrected chi connectivity index (χ1v) is 8.82. The number of hydrogen-bond acceptors (Lipinski definition) is 5. The Morgan fingerprint density at radius 3 is 2.92 bits per heavy atom. The predicted octanol–water partition coefficient (Wildman–Crippen LogP) is 1.41. The lowest BCUT2D eigenvalue weighted by Crippen LogP contribution is -2.40. The van der Waals surface area contributed by atoms with E-state index in [1.807, 2.05) is 4.90 Å². The van der Waals surface area contributed by atoms with E-state index < -0.39 is 6.09 Å². The molecule has 1 saturated heterocycles. The summed E-state index contributed by atoms with van der Waals surface area (Å²) in [7, 11) is 0. The number of likely N-dealkylation sites (tertiary alicyclic amines) is 1. The second-order valence-corrected chi connectivity index (χ2v) is 6.26. The minimum Gasteiger partial charge on any atom is -0.450 e. The van der Waals surface area contributed by atoms with Gasteiger partial charge in [-0.3, -0.25) is 4.79 Å². The van der Waals surface area contributed by atoms with Crippen LogP contribution in [0.15, 0.2) is 0 Å². The highest BCUT2D eigenvalue weighted by atomic mass is 16.5. The van der Waals surface area contributed by atoms with Gasteiger partial charge >= 0.3 is 6.09 Å². The van der Waals surface area contributed by atoms with Crippen LogP contribution in [-0.2, 0) is 22.5 Å². The molecule has 1 aromatic rings. The van der Waals surface area contributed by atoms with Crippen molar-refractivity contribution < 1.29 is 14.3 Å². The molecule has 1 fully saturated rings. The van der Waals surface area contributed by atoms with E-state index in [-0.39, 0.29) is 25.1 Å². The second kappa shape index (κ2) is 7.63. The topological polar surface area (TPSA) is 89.3 Å². The van der Waals surface area contributed by atoms with Gasteiger partial charge in [0.2, 0.25) is 5.91 Å². The number of rotatable bonds is 4. The van der Waals surface area contributed by atoms with Crippen LogP contribution in [0.1, 0.15) is 56.7 Å². The lowest BCUT2D eigenvalue weighted by Gasteiger charge is -2.24. The maximum Gasteiger partial charge on any atom is 0.407 e. The maximum absolute atomic E-state index is 12.5. The molecule has 2 amide bonds. The summed E-state index contributed by atoms with van der Waals surface area (Å²) in [5, 5.41) is 11.2. The van der Waals surface area contributed by atoms with Crippen molar-refractivity contribution in [1.82, 2.24) is 25.0 Å². The Morgan fingerprint density at radius 2 is 2.08 bits per heavy atom. The monoisotopic (exact) mass is 335 g/mol. The van der Waals surface area contributed by atoms with Gasteiger partial charge in [-0.1, -0.05) is 6.42 Å². The average Bonchev–Trinajstić information content (AvgIpc) is 3.14. The first kappa shape index (κ1) is 16.7. The molecule has 0 spiro atoms. The molecule has 0 saturated carbocycles. The first-order chi connectivity index (χ1) is 11.7. The van der Waals surface area contributed by atoms with Crippen molar-refractivity contribution in [2.24, 2.45) is 0 Å². The summed E-state index contributed by atoms with van der Waals surface area (Å²) in [6.45, 7) is 3.59. The van der Waals surface area contributed by atoms with Crippen LogP contribution in [-0.4, -0.2) is 51.4 Å². The smallest absolute Gasteiger partial charge is 0.407 e. The van der Waals surface area contributed by atoms with E-state index in [2.05, 4.69) is 20.1 Å². The van der Waals surface area contributed by atoms with Crippen molar-refractivity contribution in [3.8, 4) is 0 Å². The third-order valence-corrected chi connectivity index (χ3v) is 4.67. The van der Waals surface area contributed by atoms with Crippen LogP contribution in [0.4, 0.5) is 4.79 Å². The van der Waals surface area contributed by atoms with Crippen molar-refractivity contribution in [1.29, 1.82) is 0 Å². The number of hydrogen-bond donors (Lipinski definition) is 1. The Morgan fingerprint density at radius 1 is 1.21 bits per heavy atom. The molecule has 132 valence electrons. The van der Waals surface area contributed by atoms with Gasteiger partial charge in [0.25, 0.3) is 0 Å². The van der Waals surface area contributed by atoms with E-state index in [1.165, 1.54) is 6.42 Å². The standard InChI is InChI=1S/C16H25N5O3/c1-2-24-16(23)17-11-14(22)20-10-6-7-12(20)15-19-18-13-8-4-3-5-9-21(13)15/h12H,2-11H2,1H3,(H,17,23)/t12-/m0/s1. The largest absolute Gasteiger partial charge is 0.450 e. The molecule has 3 heterocycles. The van der Waals surface area contributed by atoms with Gasteiger partial charge in [-0.15, -0.1) is 10.2 Å². The summed E-state index contributed by atoms with van der Waals surface area (Å²) in [6, 6.07) is -0.0409. The summed E-state index contributed by atoms with van der Waals surface area (Å²) in [5.74, 6) is 1.83. The average molecular weight is 335 g/mol. The van der Waals surface area contributed by atoms with E-state index >= 15 is 0 Å². The van der Waals surface area contributed by atoms with E-state index in [1.54, 1.807) is 6.92 Å². The molecule has 0 bridgehead atoms. The summed E-state index contributed by atoms with van der Waals surface area (Å²) in [4.78, 5) is 25.7. The number of nitrogens with one attached hydrogen (secondary N) is 1. The number of carbonyl (C=O) groups excluding carboxylic acids is 2. The molecule has 0 aliphatic carbocycles. The van der Waals surface area contributed by atoms with Gasteiger partial charge in [0, 0.05) is 19.5 Å². The van der Waals surface area contributed by atoms with E-state index in [9.17, 15) is 9.59 Å². The van der Waals surface area contributed by atoms with Crippen LogP contribution in [0.25, 0.3) is 0 Å². The fourth-order valence-corrected chi connectivity index (χ4v) is 3.52. The number of ether oxygens (including phenoxy) is 1. The van der Waals surface area contributed by atoms with Gasteiger partial charge in [-0.05, 0) is 32.6 Å². The lowest BCUT2D eigenvalue weighted by molar-refractivity contribution is -0.131. The van der Waals surface area contributed by atoms with Crippen molar-refractivity contribution in [2.75, 3.05) is 19.7 Å². The Labute approximate surface area is 141 Å². The zero-order valence-corrected chi connectivity index (χ0v) is 14.2. The number of aromatic nitrogens is 3. The fourth-order valence-electron chi connectivity index (χ4n) is 3.52. The van der Waals surface area contributed by atoms with Crippen molar-refractivity contribution in [3.63, 3.8) is 0 Å². The quantitative estimate of drug-likeness (QED) is 0.899. The minimum absolute atomic E-state index is 0.0409. The Hall–Kier alpha value is -2.12. The summed E-state index contributed by atoms with van der Waals surface area (Å²) in [6.07, 6.45) is 5.72. The third kappa shape index (κ3) is 3.52. The molecule has 2 aliphatic rings. The third-order valence-electron chi connectivity index (χ3n) is 4.67. The summed E-state index contributed by atoms with van der Waals surface area (Å²) >= 11 is 0. The van der Waals surface area contributed by atoms with Gasteiger partial charge in [-0.2, -0.15) is 0 Å².